The minimum absolute atomic E-state index is 0.263. The molecule has 0 amide bonds. The third-order valence-corrected chi connectivity index (χ3v) is 5.36. The van der Waals surface area contributed by atoms with Gasteiger partial charge in [-0.3, -0.25) is 4.68 Å². The summed E-state index contributed by atoms with van der Waals surface area (Å²) in [4.78, 5) is 0. The van der Waals surface area contributed by atoms with Crippen LogP contribution in [0, 0.1) is 11.3 Å². The van der Waals surface area contributed by atoms with Crippen LogP contribution < -0.4 is 4.74 Å². The normalized spacial score (nSPS) is 10.7. The van der Waals surface area contributed by atoms with E-state index in [-0.39, 0.29) is 5.89 Å². The molecule has 0 bridgehead atoms. The van der Waals surface area contributed by atoms with Crippen molar-refractivity contribution in [1.29, 1.82) is 5.26 Å². The van der Waals surface area contributed by atoms with E-state index in [1.165, 1.54) is 6.20 Å². The lowest BCUT2D eigenvalue weighted by atomic mass is 10.0. The van der Waals surface area contributed by atoms with Crippen molar-refractivity contribution in [3.63, 3.8) is 0 Å². The minimum atomic E-state index is 0.263. The molecule has 0 atom stereocenters. The van der Waals surface area contributed by atoms with Crippen molar-refractivity contribution in [2.24, 2.45) is 7.05 Å². The SMILES string of the molecule is C=Cc1c(Cc2nnc(-c3c(Cl)cnn3C)o2)ccc(Cl)c1Oc1cc(Cl)cc(C#N)c1. The Kier molecular flexibility index (Phi) is 6.19. The number of nitrogens with zero attached hydrogens (tertiary/aromatic N) is 5. The van der Waals surface area contributed by atoms with E-state index in [0.29, 0.717) is 55.7 Å². The summed E-state index contributed by atoms with van der Waals surface area (Å²) in [6, 6.07) is 10.3. The van der Waals surface area contributed by atoms with Crippen LogP contribution >= 0.6 is 34.8 Å². The maximum Gasteiger partial charge on any atom is 0.267 e. The van der Waals surface area contributed by atoms with Gasteiger partial charge in [0.25, 0.3) is 5.89 Å². The van der Waals surface area contributed by atoms with Gasteiger partial charge < -0.3 is 9.15 Å². The van der Waals surface area contributed by atoms with Gasteiger partial charge >= 0.3 is 0 Å². The molecule has 7 nitrogen and oxygen atoms in total. The molecule has 4 rings (SSSR count). The Balaban J connectivity index is 1.67. The van der Waals surface area contributed by atoms with Gasteiger partial charge in [-0.15, -0.1) is 10.2 Å². The van der Waals surface area contributed by atoms with Crippen molar-refractivity contribution in [2.75, 3.05) is 0 Å². The number of nitriles is 1. The Morgan fingerprint density at radius 3 is 2.69 bits per heavy atom. The van der Waals surface area contributed by atoms with E-state index < -0.39 is 0 Å². The molecule has 2 aromatic carbocycles. The van der Waals surface area contributed by atoms with Gasteiger partial charge in [0.2, 0.25) is 5.89 Å². The summed E-state index contributed by atoms with van der Waals surface area (Å²) < 4.78 is 13.4. The molecule has 0 saturated heterocycles. The van der Waals surface area contributed by atoms with Crippen LogP contribution in [0.4, 0.5) is 0 Å². The molecule has 2 aromatic heterocycles. The van der Waals surface area contributed by atoms with Crippen molar-refractivity contribution in [3.8, 4) is 29.2 Å². The smallest absolute Gasteiger partial charge is 0.267 e. The highest BCUT2D eigenvalue weighted by Gasteiger charge is 2.19. The molecule has 0 saturated carbocycles. The zero-order valence-corrected chi connectivity index (χ0v) is 18.9. The number of hydrogen-bond donors (Lipinski definition) is 0. The molecule has 4 aromatic rings. The molecule has 0 aliphatic rings. The average Bonchev–Trinajstić information content (AvgIpc) is 3.35. The number of hydrogen-bond acceptors (Lipinski definition) is 6. The van der Waals surface area contributed by atoms with E-state index in [0.717, 1.165) is 5.56 Å². The second kappa shape index (κ2) is 9.05. The number of halogens is 3. The maximum atomic E-state index is 9.18. The molecule has 0 aliphatic heterocycles. The highest BCUT2D eigenvalue weighted by molar-refractivity contribution is 6.33. The van der Waals surface area contributed by atoms with Crippen LogP contribution in [0.5, 0.6) is 11.5 Å². The van der Waals surface area contributed by atoms with Crippen LogP contribution in [0.3, 0.4) is 0 Å². The van der Waals surface area contributed by atoms with Crippen LogP contribution in [0.2, 0.25) is 15.1 Å². The second-order valence-corrected chi connectivity index (χ2v) is 7.94. The van der Waals surface area contributed by atoms with E-state index in [2.05, 4.69) is 21.9 Å². The topological polar surface area (TPSA) is 89.8 Å². The monoisotopic (exact) mass is 485 g/mol. The maximum absolute atomic E-state index is 9.18. The first kappa shape index (κ1) is 21.9. The van der Waals surface area contributed by atoms with Gasteiger partial charge in [-0.2, -0.15) is 10.4 Å². The highest BCUT2D eigenvalue weighted by atomic mass is 35.5. The highest BCUT2D eigenvalue weighted by Crippen LogP contribution is 2.38. The summed E-state index contributed by atoms with van der Waals surface area (Å²) in [7, 11) is 1.73. The molecule has 0 unspecified atom stereocenters. The Morgan fingerprint density at radius 1 is 1.19 bits per heavy atom. The number of rotatable bonds is 6. The third kappa shape index (κ3) is 4.34. The molecular weight excluding hydrogens is 473 g/mol. The first-order valence-corrected chi connectivity index (χ1v) is 10.4. The first-order valence-electron chi connectivity index (χ1n) is 9.22. The molecular formula is C22H14Cl3N5O2. The number of benzene rings is 2. The Morgan fingerprint density at radius 2 is 2.00 bits per heavy atom. The zero-order chi connectivity index (χ0) is 22.8. The van der Waals surface area contributed by atoms with Gasteiger partial charge in [0.1, 0.15) is 11.4 Å². The van der Waals surface area contributed by atoms with Crippen LogP contribution in [0.1, 0.15) is 22.6 Å². The van der Waals surface area contributed by atoms with Crippen molar-refractivity contribution in [2.45, 2.75) is 6.42 Å². The van der Waals surface area contributed by atoms with E-state index in [9.17, 15) is 5.26 Å². The Bertz CT molecular complexity index is 1350. The predicted octanol–water partition coefficient (Wildman–Crippen LogP) is 6.33. The summed E-state index contributed by atoms with van der Waals surface area (Å²) in [6.45, 7) is 3.88. The van der Waals surface area contributed by atoms with Crippen LogP contribution in [0.15, 0.2) is 47.5 Å². The molecule has 0 radical (unpaired) electrons. The van der Waals surface area contributed by atoms with Crippen molar-refractivity contribution >= 4 is 40.9 Å². The van der Waals surface area contributed by atoms with Gasteiger partial charge in [0, 0.05) is 17.6 Å². The standard InChI is InChI=1S/C22H14Cl3N5O2/c1-3-16-13(8-19-28-29-22(32-19)20-18(25)11-27-30(20)2)4-5-17(24)21(16)31-15-7-12(10-26)6-14(23)9-15/h3-7,9,11H,1,8H2,2H3. The molecule has 2 heterocycles. The van der Waals surface area contributed by atoms with E-state index in [1.807, 2.05) is 12.1 Å². The average molecular weight is 487 g/mol. The largest absolute Gasteiger partial charge is 0.455 e. The number of aryl methyl sites for hydroxylation is 1. The van der Waals surface area contributed by atoms with Gasteiger partial charge in [0.15, 0.2) is 5.75 Å². The summed E-state index contributed by atoms with van der Waals surface area (Å²) >= 11 is 18.7. The van der Waals surface area contributed by atoms with Crippen LogP contribution in [-0.2, 0) is 13.5 Å². The van der Waals surface area contributed by atoms with Crippen LogP contribution in [-0.4, -0.2) is 20.0 Å². The lowest BCUT2D eigenvalue weighted by molar-refractivity contribution is 0.480. The van der Waals surface area contributed by atoms with Crippen LogP contribution in [0.25, 0.3) is 17.7 Å². The molecule has 10 heteroatoms. The van der Waals surface area contributed by atoms with Gasteiger partial charge in [-0.25, -0.2) is 0 Å². The van der Waals surface area contributed by atoms with Crippen molar-refractivity contribution < 1.29 is 9.15 Å². The van der Waals surface area contributed by atoms with Gasteiger partial charge in [-0.05, 0) is 29.8 Å². The fourth-order valence-corrected chi connectivity index (χ4v) is 3.81. The Labute approximate surface area is 198 Å². The van der Waals surface area contributed by atoms with Crippen molar-refractivity contribution in [3.05, 3.63) is 80.8 Å². The van der Waals surface area contributed by atoms with Crippen molar-refractivity contribution in [1.82, 2.24) is 20.0 Å². The lowest BCUT2D eigenvalue weighted by Gasteiger charge is -2.14. The predicted molar refractivity (Wildman–Crippen MR) is 122 cm³/mol. The Hall–Kier alpha value is -3.31. The fraction of sp³-hybridized carbons (Fsp3) is 0.0909. The van der Waals surface area contributed by atoms with E-state index in [1.54, 1.807) is 42.1 Å². The van der Waals surface area contributed by atoms with Gasteiger partial charge in [0.05, 0.1) is 34.3 Å². The molecule has 160 valence electrons. The molecule has 0 spiro atoms. The number of aromatic nitrogens is 4. The molecule has 0 N–H and O–H groups in total. The quantitative estimate of drug-likeness (QED) is 0.316. The summed E-state index contributed by atoms with van der Waals surface area (Å²) in [6.07, 6.45) is 3.44. The lowest BCUT2D eigenvalue weighted by Crippen LogP contribution is -1.97. The molecule has 32 heavy (non-hydrogen) atoms. The van der Waals surface area contributed by atoms with E-state index >= 15 is 0 Å². The summed E-state index contributed by atoms with van der Waals surface area (Å²) in [5.74, 6) is 1.38. The molecule has 0 aliphatic carbocycles. The van der Waals surface area contributed by atoms with E-state index in [4.69, 9.17) is 44.0 Å². The zero-order valence-electron chi connectivity index (χ0n) is 16.6. The van der Waals surface area contributed by atoms with Gasteiger partial charge in [-0.1, -0.05) is 53.5 Å². The second-order valence-electron chi connectivity index (χ2n) is 6.69. The summed E-state index contributed by atoms with van der Waals surface area (Å²) in [5.41, 5.74) is 2.35. The molecule has 0 fully saturated rings. The number of ether oxygens (including phenoxy) is 1. The fourth-order valence-electron chi connectivity index (χ4n) is 3.13. The first-order chi connectivity index (χ1) is 15.4. The minimum Gasteiger partial charge on any atom is -0.455 e. The summed E-state index contributed by atoms with van der Waals surface area (Å²) in [5, 5.41) is 22.6. The third-order valence-electron chi connectivity index (χ3n) is 4.57.